The lowest BCUT2D eigenvalue weighted by atomic mass is 10.2. The molecule has 402 valence electrons. The molecule has 7 aromatic heterocycles. The van der Waals surface area contributed by atoms with E-state index >= 15 is 0 Å². The molecule has 22 heteroatoms. The van der Waals surface area contributed by atoms with Gasteiger partial charge in [0.25, 0.3) is 22.6 Å². The van der Waals surface area contributed by atoms with Crippen LogP contribution in [0.2, 0.25) is 0 Å². The maximum absolute atomic E-state index is 11.5. The molecule has 0 spiro atoms. The third-order valence-corrected chi connectivity index (χ3v) is 11.3. The monoisotopic (exact) mass is 1030 g/mol. The van der Waals surface area contributed by atoms with Crippen LogP contribution in [0.25, 0.3) is 33.2 Å². The first-order valence-corrected chi connectivity index (χ1v) is 24.6. The van der Waals surface area contributed by atoms with E-state index in [0.717, 1.165) is 27.9 Å². The number of aromatic nitrogens is 11. The lowest BCUT2D eigenvalue weighted by molar-refractivity contribution is -0.117. The number of amidine groups is 1. The summed E-state index contributed by atoms with van der Waals surface area (Å²) in [6.45, 7) is 37.3. The minimum Gasteiger partial charge on any atom is -0.398 e. The standard InChI is InChI=1S/C10H13N3O.C10H13N3.C9H12N4O.C9H14N2O.C8H13N3.C7H10N2O2/c1-6(2)13-5-4-8-9(13)11-7(3)12-10(8)14;1-7(2)13-6-4-8-9(11)3-5-12-10(8)13;1-5(2)13-4-10-7-8(13)11-6(3)12-9(7)14;1-6(2)11-5-7(3)9(12)10-8(11)4;1-6(2)11-5-4-8(9)10-7(11)3;1-5(2)9-4-3-6(10)8-7(9)11/h4-6H,1-3H3,(H,11,12,14);3-7H,1-2H3,(H2,11,12);4-5H,1-3H3,(H,11,12,14);5-6H,4H2,1-3H3,(H,10,12);4-6H,3H2,1-2H3,(H2,9,10);3-5H,1-2H3,(H,8,10,11). The van der Waals surface area contributed by atoms with E-state index in [1.165, 1.54) is 16.8 Å². The fourth-order valence-corrected chi connectivity index (χ4v) is 7.37. The summed E-state index contributed by atoms with van der Waals surface area (Å²) in [5.41, 5.74) is 14.6. The third-order valence-electron chi connectivity index (χ3n) is 11.3. The number of imidazole rings is 1. The van der Waals surface area contributed by atoms with Crippen molar-refractivity contribution in [2.45, 2.75) is 140 Å². The number of aromatic amines is 3. The highest BCUT2D eigenvalue weighted by atomic mass is 16.2. The van der Waals surface area contributed by atoms with E-state index in [1.807, 2.05) is 97.4 Å². The fourth-order valence-electron chi connectivity index (χ4n) is 7.37. The zero-order chi connectivity index (χ0) is 56.2. The Morgan fingerprint density at radius 1 is 0.573 bits per heavy atom. The van der Waals surface area contributed by atoms with Gasteiger partial charge in [-0.25, -0.2) is 29.7 Å². The molecule has 0 atom stereocenters. The van der Waals surface area contributed by atoms with E-state index in [-0.39, 0.29) is 40.4 Å². The number of nitrogens with zero attached hydrogens (tertiary/aromatic N) is 11. The van der Waals surface area contributed by atoms with Gasteiger partial charge in [0.05, 0.1) is 11.7 Å². The lowest BCUT2D eigenvalue weighted by Gasteiger charge is -2.31. The van der Waals surface area contributed by atoms with Gasteiger partial charge < -0.3 is 50.3 Å². The highest BCUT2D eigenvalue weighted by Gasteiger charge is 2.19. The molecule has 0 aliphatic carbocycles. The Labute approximate surface area is 436 Å². The highest BCUT2D eigenvalue weighted by molar-refractivity contribution is 5.95. The number of fused-ring (bicyclic) bond motifs is 3. The van der Waals surface area contributed by atoms with Gasteiger partial charge in [0.2, 0.25) is 0 Å². The molecule has 1 amide bonds. The van der Waals surface area contributed by atoms with Crippen molar-refractivity contribution in [3.05, 3.63) is 157 Å². The molecule has 8 N–H and O–H groups in total. The van der Waals surface area contributed by atoms with Crippen LogP contribution in [0.4, 0.5) is 5.69 Å². The molecule has 0 unspecified atom stereocenters. The zero-order valence-corrected chi connectivity index (χ0v) is 45.9. The van der Waals surface area contributed by atoms with Gasteiger partial charge in [-0.2, -0.15) is 0 Å². The van der Waals surface area contributed by atoms with Gasteiger partial charge in [-0.3, -0.25) is 28.7 Å². The number of rotatable bonds is 6. The number of amides is 1. The first-order chi connectivity index (χ1) is 35.1. The van der Waals surface area contributed by atoms with Crippen molar-refractivity contribution < 1.29 is 4.79 Å². The number of aryl methyl sites for hydroxylation is 2. The second kappa shape index (κ2) is 25.9. The summed E-state index contributed by atoms with van der Waals surface area (Å²) >= 11 is 0. The Kier molecular flexibility index (Phi) is 20.4. The summed E-state index contributed by atoms with van der Waals surface area (Å²) in [6.07, 6.45) is 14.3. The molecular formula is C53H75N17O5. The topological polar surface area (TPSA) is 287 Å². The molecule has 22 nitrogen and oxygen atoms in total. The van der Waals surface area contributed by atoms with Gasteiger partial charge in [0.1, 0.15) is 40.4 Å². The van der Waals surface area contributed by atoms with Crippen molar-refractivity contribution in [2.24, 2.45) is 10.7 Å². The Bertz CT molecular complexity index is 3360. The number of nitrogen functional groups attached to an aromatic ring is 1. The van der Waals surface area contributed by atoms with Crippen LogP contribution in [0.1, 0.15) is 126 Å². The van der Waals surface area contributed by atoms with Gasteiger partial charge in [-0.1, -0.05) is 13.2 Å². The van der Waals surface area contributed by atoms with Crippen molar-refractivity contribution >= 4 is 50.7 Å². The number of H-pyrrole nitrogens is 3. The molecule has 0 fully saturated rings. The van der Waals surface area contributed by atoms with Crippen LogP contribution in [0.3, 0.4) is 0 Å². The van der Waals surface area contributed by atoms with Gasteiger partial charge in [-0.15, -0.1) is 0 Å². The Hall–Kier alpha value is -8.56. The van der Waals surface area contributed by atoms with E-state index < -0.39 is 0 Å². The summed E-state index contributed by atoms with van der Waals surface area (Å²) in [6, 6.07) is 8.77. The smallest absolute Gasteiger partial charge is 0.328 e. The summed E-state index contributed by atoms with van der Waals surface area (Å²) in [5, 5.41) is 4.38. The van der Waals surface area contributed by atoms with Crippen LogP contribution >= 0.6 is 0 Å². The van der Waals surface area contributed by atoms with Crippen molar-refractivity contribution in [1.29, 1.82) is 0 Å². The number of nitrogens with two attached hydrogens (primary N) is 2. The van der Waals surface area contributed by atoms with Crippen LogP contribution in [-0.4, -0.2) is 86.8 Å². The number of anilines is 1. The number of hydrogen-bond acceptors (Lipinski definition) is 14. The van der Waals surface area contributed by atoms with E-state index in [0.29, 0.717) is 69.8 Å². The second-order valence-electron chi connectivity index (χ2n) is 19.3. The maximum atomic E-state index is 11.5. The predicted molar refractivity (Wildman–Crippen MR) is 300 cm³/mol. The molecule has 75 heavy (non-hydrogen) atoms. The van der Waals surface area contributed by atoms with Crippen LogP contribution in [0.15, 0.2) is 128 Å². The first kappa shape index (κ1) is 59.0. The highest BCUT2D eigenvalue weighted by Crippen LogP contribution is 2.22. The number of hydrogen-bond donors (Lipinski definition) is 6. The van der Waals surface area contributed by atoms with E-state index in [9.17, 15) is 24.0 Å². The van der Waals surface area contributed by atoms with E-state index in [2.05, 4.69) is 104 Å². The van der Waals surface area contributed by atoms with E-state index in [1.54, 1.807) is 45.4 Å². The van der Waals surface area contributed by atoms with Crippen molar-refractivity contribution in [1.82, 2.24) is 68.3 Å². The first-order valence-electron chi connectivity index (χ1n) is 24.6. The number of pyridine rings is 1. The summed E-state index contributed by atoms with van der Waals surface area (Å²) in [4.78, 5) is 88.0. The average molecular weight is 1030 g/mol. The van der Waals surface area contributed by atoms with Gasteiger partial charge in [0.15, 0.2) is 11.2 Å². The van der Waals surface area contributed by atoms with Crippen molar-refractivity contribution in [3.63, 3.8) is 0 Å². The van der Waals surface area contributed by atoms with E-state index in [4.69, 9.17) is 11.5 Å². The van der Waals surface area contributed by atoms with Crippen LogP contribution < -0.4 is 39.2 Å². The molecule has 0 saturated heterocycles. The SMILES string of the molecule is C=C1N=C(N)C=CN1C(C)C.C=C1NC(=O)C(C)=CN1C(C)C.CC(C)n1ccc(=O)[nH]c1=O.CC(C)n1ccc2c(N)ccnc21.Cc1nc2c(ccn2C(C)C)c(=O)[nH]1.Cc1nc2c(ncn2C(C)C)c(=O)[nH]1. The summed E-state index contributed by atoms with van der Waals surface area (Å²) in [5.74, 6) is 3.09. The zero-order valence-electron chi connectivity index (χ0n) is 45.9. The molecule has 7 aromatic rings. The lowest BCUT2D eigenvalue weighted by Crippen LogP contribution is -2.40. The maximum Gasteiger partial charge on any atom is 0.328 e. The largest absolute Gasteiger partial charge is 0.398 e. The number of aliphatic imine (C=N–C) groups is 1. The Morgan fingerprint density at radius 2 is 1.11 bits per heavy atom. The normalized spacial score (nSPS) is 13.2. The third kappa shape index (κ3) is 15.5. The van der Waals surface area contributed by atoms with Crippen molar-refractivity contribution in [3.8, 4) is 0 Å². The number of carbonyl (C=O) groups is 1. The molecule has 0 bridgehead atoms. The van der Waals surface area contributed by atoms with Gasteiger partial charge in [0, 0.05) is 96.2 Å². The quantitative estimate of drug-likeness (QED) is 0.0963. The molecule has 0 radical (unpaired) electrons. The number of nitrogens with one attached hydrogen (secondary N) is 4. The Balaban J connectivity index is 0.000000195. The summed E-state index contributed by atoms with van der Waals surface area (Å²) < 4.78 is 7.46. The average Bonchev–Trinajstić information content (AvgIpc) is 4.07. The molecule has 9 heterocycles. The molecular weight excluding hydrogens is 955 g/mol. The minimum absolute atomic E-state index is 0.0584. The number of carbonyl (C=O) groups excluding carboxylic acids is 1. The molecule has 2 aliphatic heterocycles. The predicted octanol–water partition coefficient (Wildman–Crippen LogP) is 7.19. The summed E-state index contributed by atoms with van der Waals surface area (Å²) in [7, 11) is 0. The minimum atomic E-state index is -0.355. The van der Waals surface area contributed by atoms with Gasteiger partial charge >= 0.3 is 5.69 Å². The Morgan fingerprint density at radius 3 is 1.65 bits per heavy atom. The molecule has 9 rings (SSSR count). The van der Waals surface area contributed by atoms with Crippen LogP contribution in [0, 0.1) is 13.8 Å². The molecule has 0 aromatic carbocycles. The van der Waals surface area contributed by atoms with Gasteiger partial charge in [-0.05, 0) is 128 Å². The van der Waals surface area contributed by atoms with Crippen LogP contribution in [-0.2, 0) is 4.79 Å². The van der Waals surface area contributed by atoms with Crippen molar-refractivity contribution in [2.75, 3.05) is 5.73 Å². The molecule has 0 saturated carbocycles. The molecule has 2 aliphatic rings. The fraction of sp³-hybridized carbons (Fsp3) is 0.396. The second-order valence-corrected chi connectivity index (χ2v) is 19.3. The van der Waals surface area contributed by atoms with Crippen LogP contribution in [0.5, 0.6) is 0 Å².